The number of rotatable bonds is 4. The minimum Gasteiger partial charge on any atom is -1.00 e. The van der Waals surface area contributed by atoms with E-state index in [1.165, 1.54) is 5.56 Å². The number of fused-ring (bicyclic) bond motifs is 1. The second kappa shape index (κ2) is 6.30. The highest BCUT2D eigenvalue weighted by atomic mass is 35.5. The lowest BCUT2D eigenvalue weighted by atomic mass is 10.2. The topological polar surface area (TPSA) is 30.9 Å². The van der Waals surface area contributed by atoms with Gasteiger partial charge in [0.1, 0.15) is 12.3 Å². The van der Waals surface area contributed by atoms with E-state index in [0.717, 1.165) is 24.6 Å². The predicted molar refractivity (Wildman–Crippen MR) is 70.5 cm³/mol. The van der Waals surface area contributed by atoms with Gasteiger partial charge in [-0.2, -0.15) is 9.36 Å². The quantitative estimate of drug-likeness (QED) is 0.644. The van der Waals surface area contributed by atoms with Gasteiger partial charge in [0.25, 0.3) is 0 Å². The van der Waals surface area contributed by atoms with E-state index in [4.69, 9.17) is 4.74 Å². The average Bonchev–Trinajstić information content (AvgIpc) is 2.97. The highest BCUT2D eigenvalue weighted by Crippen LogP contribution is 2.22. The molecule has 0 atom stereocenters. The molecule has 0 fully saturated rings. The number of thioether (sulfide) groups is 1. The number of hydrogen-bond donors (Lipinski definition) is 0. The van der Waals surface area contributed by atoms with Crippen LogP contribution < -0.4 is 21.8 Å². The first-order valence-electron chi connectivity index (χ1n) is 5.99. The number of aromatic nitrogens is 3. The van der Waals surface area contributed by atoms with Crippen molar-refractivity contribution in [3.8, 4) is 5.75 Å². The zero-order chi connectivity index (χ0) is 12.4. The fourth-order valence-corrected chi connectivity index (χ4v) is 3.27. The lowest BCUT2D eigenvalue weighted by Gasteiger charge is -2.06. The third kappa shape index (κ3) is 3.22. The Bertz CT molecular complexity index is 508. The number of methoxy groups -OCH3 is 1. The molecule has 1 aromatic heterocycles. The van der Waals surface area contributed by atoms with E-state index in [1.807, 2.05) is 36.5 Å². The molecule has 102 valence electrons. The van der Waals surface area contributed by atoms with Crippen LogP contribution in [0.5, 0.6) is 5.75 Å². The monoisotopic (exact) mass is 297 g/mol. The molecule has 1 aliphatic heterocycles. The molecule has 0 unspecified atom stereocenters. The molecule has 2 aromatic rings. The van der Waals surface area contributed by atoms with Crippen molar-refractivity contribution in [1.82, 2.24) is 9.67 Å². The summed E-state index contributed by atoms with van der Waals surface area (Å²) in [6, 6.07) is 8.31. The molecule has 0 saturated heterocycles. The highest BCUT2D eigenvalue weighted by Gasteiger charge is 2.25. The van der Waals surface area contributed by atoms with Crippen LogP contribution in [0.3, 0.4) is 0 Å². The summed E-state index contributed by atoms with van der Waals surface area (Å²) in [4.78, 5) is 4.12. The molecule has 0 spiro atoms. The van der Waals surface area contributed by atoms with Crippen molar-refractivity contribution in [2.24, 2.45) is 0 Å². The lowest BCUT2D eigenvalue weighted by Crippen LogP contribution is -3.00. The maximum atomic E-state index is 5.16. The average molecular weight is 298 g/mol. The van der Waals surface area contributed by atoms with Crippen LogP contribution in [0.2, 0.25) is 0 Å². The smallest absolute Gasteiger partial charge is 0.306 e. The molecule has 4 nitrogen and oxygen atoms in total. The summed E-state index contributed by atoms with van der Waals surface area (Å²) in [6.45, 7) is 2.11. The first-order valence-corrected chi connectivity index (χ1v) is 7.04. The van der Waals surface area contributed by atoms with Crippen molar-refractivity contribution in [1.29, 1.82) is 0 Å². The Morgan fingerprint density at radius 3 is 2.89 bits per heavy atom. The van der Waals surface area contributed by atoms with Gasteiger partial charge < -0.3 is 17.1 Å². The van der Waals surface area contributed by atoms with E-state index in [1.54, 1.807) is 7.11 Å². The Hall–Kier alpha value is -1.20. The number of halogens is 1. The largest absolute Gasteiger partial charge is 1.00 e. The van der Waals surface area contributed by atoms with Crippen LogP contribution in [-0.2, 0) is 18.8 Å². The van der Waals surface area contributed by atoms with Gasteiger partial charge in [-0.3, -0.25) is 0 Å². The first kappa shape index (κ1) is 14.2. The number of ether oxygens (including phenoxy) is 1. The third-order valence-corrected chi connectivity index (χ3v) is 4.43. The number of nitrogens with zero attached hydrogens (tertiary/aromatic N) is 3. The molecule has 0 aliphatic carbocycles. The Morgan fingerprint density at radius 1 is 1.42 bits per heavy atom. The zero-order valence-corrected chi connectivity index (χ0v) is 12.3. The number of hydrogen-bond acceptors (Lipinski definition) is 3. The SMILES string of the molecule is COc1ccc(CSC2Cn3cnc[n+]3C2)cc1.[Cl-]. The van der Waals surface area contributed by atoms with Crippen molar-refractivity contribution in [3.05, 3.63) is 42.5 Å². The van der Waals surface area contributed by atoms with Gasteiger partial charge in [-0.1, -0.05) is 12.1 Å². The fourth-order valence-electron chi connectivity index (χ4n) is 2.14. The van der Waals surface area contributed by atoms with Crippen molar-refractivity contribution >= 4 is 11.8 Å². The van der Waals surface area contributed by atoms with Crippen LogP contribution in [0.4, 0.5) is 0 Å². The summed E-state index contributed by atoms with van der Waals surface area (Å²) >= 11 is 2.00. The summed E-state index contributed by atoms with van der Waals surface area (Å²) in [5.74, 6) is 1.97. The predicted octanol–water partition coefficient (Wildman–Crippen LogP) is -1.50. The molecule has 19 heavy (non-hydrogen) atoms. The van der Waals surface area contributed by atoms with Gasteiger partial charge >= 0.3 is 6.33 Å². The first-order chi connectivity index (χ1) is 8.85. The van der Waals surface area contributed by atoms with Crippen LogP contribution in [0, 0.1) is 0 Å². The number of benzene rings is 1. The molecule has 0 bridgehead atoms. The maximum Gasteiger partial charge on any atom is 0.306 e. The van der Waals surface area contributed by atoms with Crippen molar-refractivity contribution in [3.63, 3.8) is 0 Å². The molecule has 3 rings (SSSR count). The highest BCUT2D eigenvalue weighted by molar-refractivity contribution is 7.99. The van der Waals surface area contributed by atoms with Gasteiger partial charge in [0, 0.05) is 5.75 Å². The molecule has 0 radical (unpaired) electrons. The lowest BCUT2D eigenvalue weighted by molar-refractivity contribution is -0.758. The van der Waals surface area contributed by atoms with Crippen LogP contribution in [0.25, 0.3) is 0 Å². The van der Waals surface area contributed by atoms with Gasteiger partial charge in [0.05, 0.1) is 18.9 Å². The minimum atomic E-state index is 0. The van der Waals surface area contributed by atoms with Gasteiger partial charge in [-0.15, -0.1) is 11.8 Å². The van der Waals surface area contributed by atoms with Gasteiger partial charge in [-0.25, -0.2) is 0 Å². The molecule has 1 aromatic carbocycles. The second-order valence-electron chi connectivity index (χ2n) is 4.41. The van der Waals surface area contributed by atoms with Gasteiger partial charge in [0.15, 0.2) is 0 Å². The molecule has 0 amide bonds. The second-order valence-corrected chi connectivity index (χ2v) is 5.69. The van der Waals surface area contributed by atoms with Crippen LogP contribution in [-0.4, -0.2) is 22.0 Å². The van der Waals surface area contributed by atoms with Crippen molar-refractivity contribution in [2.75, 3.05) is 7.11 Å². The minimum absolute atomic E-state index is 0. The normalized spacial score (nSPS) is 16.8. The van der Waals surface area contributed by atoms with Gasteiger partial charge in [-0.05, 0) is 22.7 Å². The van der Waals surface area contributed by atoms with Crippen LogP contribution in [0.15, 0.2) is 36.9 Å². The van der Waals surface area contributed by atoms with Gasteiger partial charge in [0.2, 0.25) is 6.33 Å². The molecule has 1 aliphatic rings. The maximum absolute atomic E-state index is 5.16. The third-order valence-electron chi connectivity index (χ3n) is 3.16. The standard InChI is InChI=1S/C13H16N3OS.ClH/c1-17-12-4-2-11(3-5-12)8-18-13-6-15-9-14-10-16(15)7-13;/h2-5,9-10,13H,6-8H2,1H3;1H/q+1;/p-1. The molecule has 0 N–H and O–H groups in total. The molecule has 2 heterocycles. The Morgan fingerprint density at radius 2 is 2.21 bits per heavy atom. The van der Waals surface area contributed by atoms with E-state index in [-0.39, 0.29) is 12.4 Å². The van der Waals surface area contributed by atoms with E-state index in [9.17, 15) is 0 Å². The van der Waals surface area contributed by atoms with E-state index in [2.05, 4.69) is 26.5 Å². The van der Waals surface area contributed by atoms with Crippen molar-refractivity contribution in [2.45, 2.75) is 24.1 Å². The van der Waals surface area contributed by atoms with E-state index < -0.39 is 0 Å². The molecule has 6 heteroatoms. The summed E-state index contributed by atoms with van der Waals surface area (Å²) < 4.78 is 9.50. The fraction of sp³-hybridized carbons (Fsp3) is 0.385. The summed E-state index contributed by atoms with van der Waals surface area (Å²) in [5, 5.41) is 0.648. The van der Waals surface area contributed by atoms with E-state index in [0.29, 0.717) is 5.25 Å². The Balaban J connectivity index is 0.00000133. The van der Waals surface area contributed by atoms with Crippen LogP contribution >= 0.6 is 11.8 Å². The molecular weight excluding hydrogens is 282 g/mol. The van der Waals surface area contributed by atoms with Crippen molar-refractivity contribution < 1.29 is 21.8 Å². The Kier molecular flexibility index (Phi) is 4.71. The molecule has 0 saturated carbocycles. The summed E-state index contributed by atoms with van der Waals surface area (Å²) in [5.41, 5.74) is 1.35. The summed E-state index contributed by atoms with van der Waals surface area (Å²) in [7, 11) is 1.70. The van der Waals surface area contributed by atoms with E-state index >= 15 is 0 Å². The molecular formula is C13H16ClN3OS. The Labute approximate surface area is 123 Å². The van der Waals surface area contributed by atoms with Crippen LogP contribution in [0.1, 0.15) is 5.56 Å². The summed E-state index contributed by atoms with van der Waals surface area (Å²) in [6.07, 6.45) is 3.79. The zero-order valence-electron chi connectivity index (χ0n) is 10.7.